The molecule has 0 heterocycles. The Bertz CT molecular complexity index is 864. The van der Waals surface area contributed by atoms with Crippen LogP contribution in [0.25, 0.3) is 0 Å². The highest BCUT2D eigenvalue weighted by molar-refractivity contribution is 5.83. The molecule has 0 saturated carbocycles. The number of aliphatic carboxylic acids is 1. The monoisotopic (exact) mass is 645 g/mol. The highest BCUT2D eigenvalue weighted by atomic mass is 16.5. The van der Waals surface area contributed by atoms with Crippen molar-refractivity contribution in [2.45, 2.75) is 174 Å². The number of carboxylic acids is 1. The van der Waals surface area contributed by atoms with Crippen LogP contribution in [0.5, 0.6) is 0 Å². The molecular weight excluding hydrogens is 576 g/mol. The smallest absolute Gasteiger partial charge is 0.326 e. The Balaban J connectivity index is 4.41. The molecule has 46 heavy (non-hydrogen) atoms. The number of hydrogen-bond donors (Lipinski definition) is 3. The van der Waals surface area contributed by atoms with Crippen molar-refractivity contribution in [2.75, 3.05) is 6.54 Å². The van der Waals surface area contributed by atoms with E-state index < -0.39 is 12.0 Å². The van der Waals surface area contributed by atoms with Crippen molar-refractivity contribution in [3.63, 3.8) is 0 Å². The molecular formula is C39H68N2O5. The minimum absolute atomic E-state index is 0.119. The van der Waals surface area contributed by atoms with Gasteiger partial charge in [-0.3, -0.25) is 9.59 Å². The third kappa shape index (κ3) is 30.0. The van der Waals surface area contributed by atoms with E-state index in [-0.39, 0.29) is 18.0 Å². The predicted molar refractivity (Wildman–Crippen MR) is 193 cm³/mol. The number of esters is 1. The minimum atomic E-state index is -1.02. The number of allylic oxidation sites excluding steroid dienone is 7. The average Bonchev–Trinajstić information content (AvgIpc) is 3.04. The van der Waals surface area contributed by atoms with Crippen molar-refractivity contribution in [3.8, 4) is 0 Å². The number of carbonyl (C=O) groups excluding carboxylic acids is 2. The number of carboxylic acid groups (broad SMARTS) is 1. The average molecular weight is 645 g/mol. The van der Waals surface area contributed by atoms with E-state index in [0.717, 1.165) is 77.0 Å². The largest absolute Gasteiger partial charge is 0.480 e. The Kier molecular flexibility index (Phi) is 31.7. The lowest BCUT2D eigenvalue weighted by molar-refractivity contribution is -0.147. The molecule has 0 radical (unpaired) electrons. The summed E-state index contributed by atoms with van der Waals surface area (Å²) in [6, 6.07) is -0.873. The van der Waals surface area contributed by atoms with Crippen LogP contribution in [0.15, 0.2) is 48.6 Å². The number of unbranched alkanes of at least 4 members (excludes halogenated alkanes) is 12. The molecule has 7 heteroatoms. The summed E-state index contributed by atoms with van der Waals surface area (Å²) < 4.78 is 5.88. The molecule has 0 aromatic heterocycles. The number of ether oxygens (including phenoxy) is 1. The van der Waals surface area contributed by atoms with Crippen molar-refractivity contribution < 1.29 is 24.2 Å². The summed E-state index contributed by atoms with van der Waals surface area (Å²) in [6.07, 6.45) is 38.8. The maximum absolute atomic E-state index is 12.6. The van der Waals surface area contributed by atoms with Crippen LogP contribution in [0.4, 0.5) is 0 Å². The quantitative estimate of drug-likeness (QED) is 0.0381. The van der Waals surface area contributed by atoms with Gasteiger partial charge in [-0.1, -0.05) is 108 Å². The second-order valence-electron chi connectivity index (χ2n) is 12.2. The van der Waals surface area contributed by atoms with E-state index in [0.29, 0.717) is 38.6 Å². The first-order valence-corrected chi connectivity index (χ1v) is 18.5. The standard InChI is InChI=1S/C39H68N2O5/c1-3-5-7-9-11-13-14-15-16-17-19-21-27-33-38(43)46-35(29-24-20-18-12-10-8-6-4-2)30-25-22-23-26-32-37(42)41-36(39(44)45)31-28-34-40/h5,7,11,13,15-16,24,29,35-36H,3-4,6,8-10,12,14,17-23,25-28,30-34,40H2,1-2H3,(H,41,42)(H,44,45)/b7-5-,13-11-,16-15-,29-24-. The first kappa shape index (κ1) is 43.3. The summed E-state index contributed by atoms with van der Waals surface area (Å²) in [5.41, 5.74) is 5.47. The molecule has 0 aromatic rings. The highest BCUT2D eigenvalue weighted by Gasteiger charge is 2.19. The van der Waals surface area contributed by atoms with E-state index in [4.69, 9.17) is 10.5 Å². The Morgan fingerprint density at radius 3 is 1.96 bits per heavy atom. The van der Waals surface area contributed by atoms with Crippen LogP contribution in [0, 0.1) is 0 Å². The normalized spacial score (nSPS) is 13.3. The molecule has 0 bridgehead atoms. The van der Waals surface area contributed by atoms with Gasteiger partial charge in [-0.15, -0.1) is 0 Å². The van der Waals surface area contributed by atoms with Crippen LogP contribution in [0.2, 0.25) is 0 Å². The maximum Gasteiger partial charge on any atom is 0.326 e. The second kappa shape index (κ2) is 33.7. The highest BCUT2D eigenvalue weighted by Crippen LogP contribution is 2.15. The van der Waals surface area contributed by atoms with Crippen LogP contribution >= 0.6 is 0 Å². The van der Waals surface area contributed by atoms with E-state index in [1.165, 1.54) is 38.5 Å². The molecule has 264 valence electrons. The van der Waals surface area contributed by atoms with E-state index in [9.17, 15) is 19.5 Å². The second-order valence-corrected chi connectivity index (χ2v) is 12.2. The van der Waals surface area contributed by atoms with Crippen LogP contribution in [-0.4, -0.2) is 41.6 Å². The summed E-state index contributed by atoms with van der Waals surface area (Å²) >= 11 is 0. The first-order valence-electron chi connectivity index (χ1n) is 18.5. The van der Waals surface area contributed by atoms with Crippen LogP contribution in [-0.2, 0) is 19.1 Å². The summed E-state index contributed by atoms with van der Waals surface area (Å²) in [5.74, 6) is -1.37. The zero-order chi connectivity index (χ0) is 33.9. The van der Waals surface area contributed by atoms with E-state index in [1.54, 1.807) is 0 Å². The molecule has 0 fully saturated rings. The molecule has 0 aliphatic rings. The van der Waals surface area contributed by atoms with Gasteiger partial charge in [0.25, 0.3) is 0 Å². The molecule has 4 N–H and O–H groups in total. The Labute approximate surface area is 281 Å². The van der Waals surface area contributed by atoms with Crippen molar-refractivity contribution in [2.24, 2.45) is 5.73 Å². The number of nitrogens with one attached hydrogen (secondary N) is 1. The predicted octanol–water partition coefficient (Wildman–Crippen LogP) is 9.66. The number of hydrogen-bond acceptors (Lipinski definition) is 5. The van der Waals surface area contributed by atoms with Crippen LogP contribution < -0.4 is 11.1 Å². The summed E-state index contributed by atoms with van der Waals surface area (Å²) in [6.45, 7) is 4.78. The van der Waals surface area contributed by atoms with Crippen molar-refractivity contribution in [1.29, 1.82) is 0 Å². The van der Waals surface area contributed by atoms with Gasteiger partial charge in [-0.05, 0) is 96.1 Å². The van der Waals surface area contributed by atoms with E-state index in [2.05, 4.69) is 67.8 Å². The molecule has 0 saturated heterocycles. The molecule has 0 aliphatic carbocycles. The van der Waals surface area contributed by atoms with Gasteiger partial charge in [-0.25, -0.2) is 4.79 Å². The molecule has 0 spiro atoms. The zero-order valence-corrected chi connectivity index (χ0v) is 29.4. The number of rotatable bonds is 32. The fourth-order valence-electron chi connectivity index (χ4n) is 5.08. The molecule has 7 nitrogen and oxygen atoms in total. The fourth-order valence-corrected chi connectivity index (χ4v) is 5.08. The zero-order valence-electron chi connectivity index (χ0n) is 29.4. The van der Waals surface area contributed by atoms with Crippen molar-refractivity contribution in [3.05, 3.63) is 48.6 Å². The van der Waals surface area contributed by atoms with Gasteiger partial charge in [0.1, 0.15) is 12.1 Å². The van der Waals surface area contributed by atoms with Gasteiger partial charge in [-0.2, -0.15) is 0 Å². The maximum atomic E-state index is 12.6. The lowest BCUT2D eigenvalue weighted by atomic mass is 10.1. The molecule has 0 rings (SSSR count). The molecule has 2 atom stereocenters. The van der Waals surface area contributed by atoms with Crippen LogP contribution in [0.1, 0.15) is 162 Å². The summed E-state index contributed by atoms with van der Waals surface area (Å²) in [7, 11) is 0. The lowest BCUT2D eigenvalue weighted by Gasteiger charge is -2.15. The van der Waals surface area contributed by atoms with E-state index >= 15 is 0 Å². The van der Waals surface area contributed by atoms with Gasteiger partial charge in [0, 0.05) is 12.8 Å². The van der Waals surface area contributed by atoms with E-state index in [1.807, 2.05) is 0 Å². The third-order valence-electron chi connectivity index (χ3n) is 7.86. The Morgan fingerprint density at radius 1 is 0.674 bits per heavy atom. The lowest BCUT2D eigenvalue weighted by Crippen LogP contribution is -2.40. The van der Waals surface area contributed by atoms with Gasteiger partial charge in [0.2, 0.25) is 5.91 Å². The summed E-state index contributed by atoms with van der Waals surface area (Å²) in [5, 5.41) is 11.9. The fraction of sp³-hybridized carbons (Fsp3) is 0.718. The summed E-state index contributed by atoms with van der Waals surface area (Å²) in [4.78, 5) is 36.1. The minimum Gasteiger partial charge on any atom is -0.480 e. The molecule has 1 amide bonds. The number of amides is 1. The van der Waals surface area contributed by atoms with Gasteiger partial charge in [0.15, 0.2) is 0 Å². The first-order chi connectivity index (χ1) is 22.4. The van der Waals surface area contributed by atoms with Crippen molar-refractivity contribution >= 4 is 17.8 Å². The number of nitrogens with two attached hydrogens (primary N) is 1. The van der Waals surface area contributed by atoms with Crippen molar-refractivity contribution in [1.82, 2.24) is 5.32 Å². The van der Waals surface area contributed by atoms with Crippen LogP contribution in [0.3, 0.4) is 0 Å². The van der Waals surface area contributed by atoms with Gasteiger partial charge >= 0.3 is 11.9 Å². The Hall–Kier alpha value is -2.67. The topological polar surface area (TPSA) is 119 Å². The SMILES string of the molecule is CC/C=C\C/C=C\C/C=C\CCCCCC(=O)OC(/C=C\CCCCCCCC)CCCCCCC(=O)NC(CCCN)C(=O)O. The van der Waals surface area contributed by atoms with Gasteiger partial charge in [0.05, 0.1) is 0 Å². The molecule has 2 unspecified atom stereocenters. The van der Waals surface area contributed by atoms with Gasteiger partial charge < -0.3 is 20.9 Å². The molecule has 0 aliphatic heterocycles. The Morgan fingerprint density at radius 2 is 1.26 bits per heavy atom. The molecule has 0 aromatic carbocycles. The number of carbonyl (C=O) groups is 3. The third-order valence-corrected chi connectivity index (χ3v) is 7.86.